The van der Waals surface area contributed by atoms with E-state index in [0.717, 1.165) is 6.42 Å². The molecule has 2 unspecified atom stereocenters. The fourth-order valence-corrected chi connectivity index (χ4v) is 5.82. The molecule has 186 valence electrons. The number of rotatable bonds is 5. The van der Waals surface area contributed by atoms with Crippen molar-refractivity contribution >= 4 is 34.2 Å². The number of ether oxygens (including phenoxy) is 1. The fourth-order valence-electron chi connectivity index (χ4n) is 5.82. The largest absolute Gasteiger partial charge is 0.497 e. The minimum Gasteiger partial charge on any atom is -0.497 e. The molecule has 2 bridgehead atoms. The van der Waals surface area contributed by atoms with Gasteiger partial charge >= 0.3 is 11.6 Å². The van der Waals surface area contributed by atoms with Gasteiger partial charge in [-0.3, -0.25) is 4.79 Å². The first-order chi connectivity index (χ1) is 17.1. The molecular weight excluding hydrogens is 460 g/mol. The lowest BCUT2D eigenvalue weighted by molar-refractivity contribution is -0.130. The molecule has 3 aromatic rings. The molecule has 0 radical (unpaired) electrons. The summed E-state index contributed by atoms with van der Waals surface area (Å²) in [5.41, 5.74) is -0.960. The lowest BCUT2D eigenvalue weighted by Gasteiger charge is -2.39. The molecule has 1 aromatic heterocycles. The van der Waals surface area contributed by atoms with Crippen molar-refractivity contribution in [2.75, 3.05) is 12.4 Å². The molecule has 1 amide bonds. The Balaban J connectivity index is 1.41. The van der Waals surface area contributed by atoms with Gasteiger partial charge in [-0.2, -0.15) is 0 Å². The first kappa shape index (κ1) is 23.8. The van der Waals surface area contributed by atoms with Crippen LogP contribution in [-0.2, 0) is 9.63 Å². The van der Waals surface area contributed by atoms with E-state index in [-0.39, 0.29) is 11.5 Å². The Hall–Kier alpha value is -3.94. The number of nitrogens with zero attached hydrogens (tertiary/aromatic N) is 1. The maximum atomic E-state index is 13.7. The second kappa shape index (κ2) is 8.33. The summed E-state index contributed by atoms with van der Waals surface area (Å²) in [4.78, 5) is 44.0. The van der Waals surface area contributed by atoms with Crippen LogP contribution >= 0.6 is 0 Å². The molecule has 2 aliphatic carbocycles. The third-order valence-electron chi connectivity index (χ3n) is 8.60. The van der Waals surface area contributed by atoms with Crippen LogP contribution in [0.25, 0.3) is 11.0 Å². The minimum atomic E-state index is -0.888. The van der Waals surface area contributed by atoms with Crippen LogP contribution in [0.15, 0.2) is 69.0 Å². The van der Waals surface area contributed by atoms with Crippen molar-refractivity contribution < 1.29 is 23.6 Å². The number of carbonyl (C=O) groups excluding carboxylic acids is 2. The van der Waals surface area contributed by atoms with E-state index in [1.54, 1.807) is 37.4 Å². The van der Waals surface area contributed by atoms with Crippen LogP contribution in [0.5, 0.6) is 5.75 Å². The monoisotopic (exact) mass is 488 g/mol. The van der Waals surface area contributed by atoms with E-state index in [1.165, 1.54) is 6.07 Å². The van der Waals surface area contributed by atoms with Gasteiger partial charge in [0.2, 0.25) is 5.91 Å². The maximum absolute atomic E-state index is 13.7. The van der Waals surface area contributed by atoms with Gasteiger partial charge in [0.15, 0.2) is 0 Å². The number of nitrogens with one attached hydrogen (secondary N) is 1. The normalized spacial score (nSPS) is 25.2. The van der Waals surface area contributed by atoms with Crippen molar-refractivity contribution in [1.82, 2.24) is 0 Å². The van der Waals surface area contributed by atoms with Crippen molar-refractivity contribution in [3.8, 4) is 5.75 Å². The Bertz CT molecular complexity index is 1470. The number of benzene rings is 2. The lowest BCUT2D eigenvalue weighted by atomic mass is 9.64. The average Bonchev–Trinajstić information content (AvgIpc) is 3.17. The van der Waals surface area contributed by atoms with Crippen molar-refractivity contribution in [1.29, 1.82) is 0 Å². The minimum absolute atomic E-state index is 0.101. The number of fused-ring (bicyclic) bond motifs is 3. The number of amides is 1. The summed E-state index contributed by atoms with van der Waals surface area (Å²) >= 11 is 0. The number of hydrogen-bond donors (Lipinski definition) is 1. The van der Waals surface area contributed by atoms with Crippen LogP contribution in [0, 0.1) is 16.2 Å². The van der Waals surface area contributed by atoms with Crippen LogP contribution in [0.1, 0.15) is 50.4 Å². The molecule has 2 atom stereocenters. The summed E-state index contributed by atoms with van der Waals surface area (Å²) in [7, 11) is 1.58. The molecule has 2 saturated carbocycles. The van der Waals surface area contributed by atoms with Crippen LogP contribution < -0.4 is 15.7 Å². The van der Waals surface area contributed by atoms with Crippen LogP contribution in [-0.4, -0.2) is 24.7 Å². The maximum Gasteiger partial charge on any atom is 0.373 e. The van der Waals surface area contributed by atoms with Gasteiger partial charge in [-0.05, 0) is 42.5 Å². The molecule has 1 heterocycles. The summed E-state index contributed by atoms with van der Waals surface area (Å²) in [5, 5.41) is 7.88. The molecule has 2 aliphatic rings. The number of hydrogen-bond acceptors (Lipinski definition) is 7. The Kier molecular flexibility index (Phi) is 5.50. The lowest BCUT2D eigenvalue weighted by Crippen LogP contribution is -2.43. The van der Waals surface area contributed by atoms with E-state index in [1.807, 2.05) is 18.2 Å². The zero-order valence-corrected chi connectivity index (χ0v) is 20.7. The molecule has 8 nitrogen and oxygen atoms in total. The van der Waals surface area contributed by atoms with Crippen molar-refractivity contribution in [3.05, 3.63) is 70.6 Å². The van der Waals surface area contributed by atoms with Crippen molar-refractivity contribution in [3.63, 3.8) is 0 Å². The predicted molar refractivity (Wildman–Crippen MR) is 135 cm³/mol. The summed E-state index contributed by atoms with van der Waals surface area (Å²) in [6.07, 6.45) is 1.76. The number of methoxy groups -OCH3 is 1. The summed E-state index contributed by atoms with van der Waals surface area (Å²) < 4.78 is 10.5. The van der Waals surface area contributed by atoms with Crippen LogP contribution in [0.4, 0.5) is 5.69 Å². The average molecular weight is 489 g/mol. The van der Waals surface area contributed by atoms with E-state index >= 15 is 0 Å². The quantitative estimate of drug-likeness (QED) is 0.302. The smallest absolute Gasteiger partial charge is 0.373 e. The van der Waals surface area contributed by atoms with E-state index in [2.05, 4.69) is 31.2 Å². The Morgan fingerprint density at radius 3 is 2.58 bits per heavy atom. The first-order valence-corrected chi connectivity index (χ1v) is 11.9. The zero-order chi connectivity index (χ0) is 25.7. The molecule has 1 N–H and O–H groups in total. The van der Waals surface area contributed by atoms with Crippen LogP contribution in [0.2, 0.25) is 0 Å². The summed E-state index contributed by atoms with van der Waals surface area (Å²) in [6.45, 7) is 6.18. The highest BCUT2D eigenvalue weighted by Gasteiger charge is 2.71. The first-order valence-electron chi connectivity index (χ1n) is 11.9. The van der Waals surface area contributed by atoms with E-state index in [0.29, 0.717) is 41.0 Å². The van der Waals surface area contributed by atoms with E-state index in [9.17, 15) is 14.4 Å². The molecule has 8 heteroatoms. The predicted octanol–water partition coefficient (Wildman–Crippen LogP) is 5.17. The fraction of sp³-hybridized carbons (Fsp3) is 0.357. The molecule has 2 aromatic carbocycles. The molecule has 0 aliphatic heterocycles. The standard InChI is InChI=1S/C28H28N2O6/c1-26(2)27(3)12-13-28(26,25(33)29-18-9-7-10-19(15-18)34-4)16-22(27)30-36-24(32)20-14-17-8-5-6-11-21(17)35-23(20)31/h5-11,14-15H,12-13,16H2,1-4H3,(H,29,33). The van der Waals surface area contributed by atoms with Gasteiger partial charge in [-0.25, -0.2) is 9.59 Å². The van der Waals surface area contributed by atoms with E-state index < -0.39 is 27.8 Å². The SMILES string of the molecule is COc1cccc(NC(=O)C23CCC(C)(C(=NOC(=O)c4cc5ccccc5oc4=O)C2)C3(C)C)c1. The topological polar surface area (TPSA) is 107 Å². The molecule has 0 saturated heterocycles. The highest BCUT2D eigenvalue weighted by Crippen LogP contribution is 2.71. The van der Waals surface area contributed by atoms with Gasteiger partial charge in [0.1, 0.15) is 16.9 Å². The van der Waals surface area contributed by atoms with Gasteiger partial charge in [-0.15, -0.1) is 0 Å². The number of anilines is 1. The molecule has 36 heavy (non-hydrogen) atoms. The van der Waals surface area contributed by atoms with Gasteiger partial charge < -0.3 is 19.3 Å². The molecule has 2 fully saturated rings. The van der Waals surface area contributed by atoms with E-state index in [4.69, 9.17) is 14.0 Å². The van der Waals surface area contributed by atoms with Gasteiger partial charge in [-0.1, -0.05) is 50.2 Å². The van der Waals surface area contributed by atoms with Crippen molar-refractivity contribution in [2.45, 2.75) is 40.0 Å². The second-order valence-corrected chi connectivity index (χ2v) is 10.3. The number of oxime groups is 1. The van der Waals surface area contributed by atoms with Gasteiger partial charge in [0, 0.05) is 29.0 Å². The number of carbonyl (C=O) groups is 2. The van der Waals surface area contributed by atoms with Crippen LogP contribution in [0.3, 0.4) is 0 Å². The van der Waals surface area contributed by atoms with Gasteiger partial charge in [0.05, 0.1) is 18.2 Å². The summed E-state index contributed by atoms with van der Waals surface area (Å²) in [6, 6.07) is 15.6. The third-order valence-corrected chi connectivity index (χ3v) is 8.60. The molecular formula is C28H28N2O6. The Morgan fingerprint density at radius 2 is 1.81 bits per heavy atom. The third kappa shape index (κ3) is 3.43. The summed E-state index contributed by atoms with van der Waals surface area (Å²) in [5.74, 6) is -0.336. The van der Waals surface area contributed by atoms with Gasteiger partial charge in [0.25, 0.3) is 0 Å². The highest BCUT2D eigenvalue weighted by molar-refractivity contribution is 6.06. The second-order valence-electron chi connectivity index (χ2n) is 10.3. The molecule has 0 spiro atoms. The Labute approximate surface area is 208 Å². The number of para-hydroxylation sites is 1. The molecule has 5 rings (SSSR count). The zero-order valence-electron chi connectivity index (χ0n) is 20.7. The highest BCUT2D eigenvalue weighted by atomic mass is 16.7. The van der Waals surface area contributed by atoms with Crippen molar-refractivity contribution in [2.24, 2.45) is 21.4 Å². The Morgan fingerprint density at radius 1 is 1.03 bits per heavy atom.